The van der Waals surface area contributed by atoms with Crippen LogP contribution in [0.2, 0.25) is 0 Å². The van der Waals surface area contributed by atoms with Gasteiger partial charge in [-0.05, 0) is 12.5 Å². The van der Waals surface area contributed by atoms with E-state index in [1.165, 1.54) is 13.4 Å². The lowest BCUT2D eigenvalue weighted by atomic mass is 10.1. The Morgan fingerprint density at radius 1 is 1.44 bits per heavy atom. The lowest BCUT2D eigenvalue weighted by molar-refractivity contribution is 0.0977. The van der Waals surface area contributed by atoms with Crippen molar-refractivity contribution >= 4 is 5.78 Å². The number of carbonyl (C=O) groups is 1. The minimum atomic E-state index is -0.0306. The standard InChI is InChI=1S/C12H14N4O2/c1-16-9(5-6-15-16)3-4-11(17)10-7-12(18-2)14-8-13-10/h5-8H,3-4H2,1-2H3. The maximum atomic E-state index is 11.9. The molecule has 0 spiro atoms. The Morgan fingerprint density at radius 2 is 2.28 bits per heavy atom. The van der Waals surface area contributed by atoms with E-state index in [2.05, 4.69) is 15.1 Å². The molecule has 0 aliphatic carbocycles. The Kier molecular flexibility index (Phi) is 3.66. The molecule has 0 bridgehead atoms. The summed E-state index contributed by atoms with van der Waals surface area (Å²) in [5, 5.41) is 4.05. The number of aryl methyl sites for hydroxylation is 2. The third kappa shape index (κ3) is 2.71. The van der Waals surface area contributed by atoms with E-state index in [1.54, 1.807) is 16.9 Å². The van der Waals surface area contributed by atoms with Crippen LogP contribution in [0, 0.1) is 0 Å². The van der Waals surface area contributed by atoms with Crippen LogP contribution in [-0.4, -0.2) is 32.6 Å². The van der Waals surface area contributed by atoms with Gasteiger partial charge in [-0.3, -0.25) is 9.48 Å². The summed E-state index contributed by atoms with van der Waals surface area (Å²) >= 11 is 0. The number of rotatable bonds is 5. The van der Waals surface area contributed by atoms with E-state index >= 15 is 0 Å². The van der Waals surface area contributed by atoms with Gasteiger partial charge < -0.3 is 4.74 Å². The van der Waals surface area contributed by atoms with Gasteiger partial charge >= 0.3 is 0 Å². The van der Waals surface area contributed by atoms with Gasteiger partial charge in [-0.15, -0.1) is 0 Å². The van der Waals surface area contributed by atoms with Crippen LogP contribution in [0.5, 0.6) is 5.88 Å². The highest BCUT2D eigenvalue weighted by Crippen LogP contribution is 2.10. The van der Waals surface area contributed by atoms with Crippen LogP contribution in [0.25, 0.3) is 0 Å². The van der Waals surface area contributed by atoms with E-state index in [0.29, 0.717) is 24.4 Å². The molecule has 0 aromatic carbocycles. The first kappa shape index (κ1) is 12.2. The smallest absolute Gasteiger partial charge is 0.216 e. The van der Waals surface area contributed by atoms with Gasteiger partial charge in [0.1, 0.15) is 12.0 Å². The number of nitrogens with zero attached hydrogens (tertiary/aromatic N) is 4. The molecule has 0 N–H and O–H groups in total. The number of Topliss-reactive ketones (excluding diaryl/α,β-unsaturated/α-hetero) is 1. The normalized spacial score (nSPS) is 10.3. The molecule has 2 aromatic heterocycles. The molecule has 94 valence electrons. The molecule has 0 saturated heterocycles. The molecule has 6 nitrogen and oxygen atoms in total. The molecular formula is C12H14N4O2. The fourth-order valence-electron chi connectivity index (χ4n) is 1.62. The summed E-state index contributed by atoms with van der Waals surface area (Å²) in [7, 11) is 3.36. The molecule has 0 aliphatic heterocycles. The summed E-state index contributed by atoms with van der Waals surface area (Å²) in [4.78, 5) is 19.8. The summed E-state index contributed by atoms with van der Waals surface area (Å²) < 4.78 is 6.71. The highest BCUT2D eigenvalue weighted by Gasteiger charge is 2.10. The van der Waals surface area contributed by atoms with Gasteiger partial charge in [-0.2, -0.15) is 5.10 Å². The van der Waals surface area contributed by atoms with E-state index in [1.807, 2.05) is 13.1 Å². The Bertz CT molecular complexity index is 551. The predicted octanol–water partition coefficient (Wildman–Crippen LogP) is 1.03. The molecule has 2 rings (SSSR count). The average molecular weight is 246 g/mol. The Balaban J connectivity index is 2.01. The zero-order valence-electron chi connectivity index (χ0n) is 10.3. The summed E-state index contributed by atoms with van der Waals surface area (Å²) in [5.41, 5.74) is 1.40. The van der Waals surface area contributed by atoms with Crippen LogP contribution < -0.4 is 4.74 Å². The second kappa shape index (κ2) is 5.39. The monoisotopic (exact) mass is 246 g/mol. The molecule has 6 heteroatoms. The number of methoxy groups -OCH3 is 1. The van der Waals surface area contributed by atoms with E-state index in [-0.39, 0.29) is 5.78 Å². The van der Waals surface area contributed by atoms with Crippen molar-refractivity contribution in [3.05, 3.63) is 36.0 Å². The van der Waals surface area contributed by atoms with Gasteiger partial charge in [0, 0.05) is 31.4 Å². The molecule has 18 heavy (non-hydrogen) atoms. The van der Waals surface area contributed by atoms with E-state index < -0.39 is 0 Å². The summed E-state index contributed by atoms with van der Waals surface area (Å²) in [6.45, 7) is 0. The first-order valence-corrected chi connectivity index (χ1v) is 5.57. The molecule has 0 fully saturated rings. The maximum Gasteiger partial charge on any atom is 0.216 e. The average Bonchev–Trinajstić information content (AvgIpc) is 2.81. The molecule has 2 aromatic rings. The summed E-state index contributed by atoms with van der Waals surface area (Å²) in [6, 6.07) is 3.44. The van der Waals surface area contributed by atoms with Gasteiger partial charge in [0.2, 0.25) is 5.88 Å². The molecule has 0 aliphatic rings. The minimum Gasteiger partial charge on any atom is -0.481 e. The van der Waals surface area contributed by atoms with Gasteiger partial charge in [-0.25, -0.2) is 9.97 Å². The minimum absolute atomic E-state index is 0.0306. The van der Waals surface area contributed by atoms with Crippen molar-refractivity contribution in [2.45, 2.75) is 12.8 Å². The zero-order valence-corrected chi connectivity index (χ0v) is 10.3. The molecule has 0 radical (unpaired) electrons. The second-order valence-electron chi connectivity index (χ2n) is 3.81. The Hall–Kier alpha value is -2.24. The number of ketones is 1. The van der Waals surface area contributed by atoms with Crippen LogP contribution in [0.1, 0.15) is 22.6 Å². The molecule has 0 atom stereocenters. The van der Waals surface area contributed by atoms with Crippen LogP contribution in [0.15, 0.2) is 24.7 Å². The van der Waals surface area contributed by atoms with Crippen LogP contribution in [0.4, 0.5) is 0 Å². The van der Waals surface area contributed by atoms with Crippen molar-refractivity contribution in [1.29, 1.82) is 0 Å². The van der Waals surface area contributed by atoms with E-state index in [9.17, 15) is 4.79 Å². The molecule has 0 saturated carbocycles. The maximum absolute atomic E-state index is 11.9. The van der Waals surface area contributed by atoms with Gasteiger partial charge in [-0.1, -0.05) is 0 Å². The lowest BCUT2D eigenvalue weighted by Gasteiger charge is -2.03. The quantitative estimate of drug-likeness (QED) is 0.737. The van der Waals surface area contributed by atoms with Crippen molar-refractivity contribution in [3.63, 3.8) is 0 Å². The molecular weight excluding hydrogens is 232 g/mol. The topological polar surface area (TPSA) is 69.9 Å². The number of aromatic nitrogens is 4. The summed E-state index contributed by atoms with van der Waals surface area (Å²) in [5.74, 6) is 0.366. The van der Waals surface area contributed by atoms with Gasteiger partial charge in [0.25, 0.3) is 0 Å². The lowest BCUT2D eigenvalue weighted by Crippen LogP contribution is -2.07. The largest absolute Gasteiger partial charge is 0.481 e. The third-order valence-corrected chi connectivity index (χ3v) is 2.67. The zero-order chi connectivity index (χ0) is 13.0. The highest BCUT2D eigenvalue weighted by molar-refractivity contribution is 5.94. The van der Waals surface area contributed by atoms with E-state index in [4.69, 9.17) is 4.74 Å². The van der Waals surface area contributed by atoms with Crippen LogP contribution in [0.3, 0.4) is 0 Å². The first-order valence-electron chi connectivity index (χ1n) is 5.57. The molecule has 2 heterocycles. The Morgan fingerprint density at radius 3 is 2.94 bits per heavy atom. The fourth-order valence-corrected chi connectivity index (χ4v) is 1.62. The highest BCUT2D eigenvalue weighted by atomic mass is 16.5. The number of hydrogen-bond donors (Lipinski definition) is 0. The van der Waals surface area contributed by atoms with Crippen molar-refractivity contribution in [3.8, 4) is 5.88 Å². The van der Waals surface area contributed by atoms with E-state index in [0.717, 1.165) is 5.69 Å². The number of hydrogen-bond acceptors (Lipinski definition) is 5. The summed E-state index contributed by atoms with van der Waals surface area (Å²) in [6.07, 6.45) is 4.07. The second-order valence-corrected chi connectivity index (χ2v) is 3.81. The predicted molar refractivity (Wildman–Crippen MR) is 64.4 cm³/mol. The van der Waals surface area contributed by atoms with Gasteiger partial charge in [0.15, 0.2) is 5.78 Å². The van der Waals surface area contributed by atoms with Crippen molar-refractivity contribution in [1.82, 2.24) is 19.7 Å². The van der Waals surface area contributed by atoms with Gasteiger partial charge in [0.05, 0.1) is 7.11 Å². The van der Waals surface area contributed by atoms with Crippen LogP contribution >= 0.6 is 0 Å². The molecule has 0 unspecified atom stereocenters. The Labute approximate surface area is 105 Å². The van der Waals surface area contributed by atoms with Crippen LogP contribution in [-0.2, 0) is 13.5 Å². The number of ether oxygens (including phenoxy) is 1. The molecule has 0 amide bonds. The SMILES string of the molecule is COc1cc(C(=O)CCc2ccnn2C)ncn1. The number of carbonyl (C=O) groups excluding carboxylic acids is 1. The first-order chi connectivity index (χ1) is 8.70. The van der Waals surface area contributed by atoms with Crippen molar-refractivity contribution in [2.75, 3.05) is 7.11 Å². The fraction of sp³-hybridized carbons (Fsp3) is 0.333. The van der Waals surface area contributed by atoms with Crippen molar-refractivity contribution < 1.29 is 9.53 Å². The third-order valence-electron chi connectivity index (χ3n) is 2.67. The van der Waals surface area contributed by atoms with Crippen molar-refractivity contribution in [2.24, 2.45) is 7.05 Å².